The van der Waals surface area contributed by atoms with Gasteiger partial charge in [0.05, 0.1) is 0 Å². The van der Waals surface area contributed by atoms with Gasteiger partial charge < -0.3 is 4.52 Å². The summed E-state index contributed by atoms with van der Waals surface area (Å²) in [5.74, 6) is 1.19. The van der Waals surface area contributed by atoms with Crippen molar-refractivity contribution in [3.05, 3.63) is 45.4 Å². The number of hydrogen-bond acceptors (Lipinski definition) is 4. The molecule has 118 valence electrons. The smallest absolute Gasteiger partial charge is 0.365 e. The van der Waals surface area contributed by atoms with Gasteiger partial charge in [0.15, 0.2) is 0 Å². The van der Waals surface area contributed by atoms with Gasteiger partial charge in [0.1, 0.15) is 10.7 Å². The van der Waals surface area contributed by atoms with Gasteiger partial charge in [-0.05, 0) is 43.9 Å². The fourth-order valence-corrected chi connectivity index (χ4v) is 2.92. The van der Waals surface area contributed by atoms with Crippen LogP contribution in [-0.4, -0.2) is 23.1 Å². The number of carbonyl (C=O) groups excluding carboxylic acids is 1. The predicted octanol–water partition coefficient (Wildman–Crippen LogP) is 4.01. The molecule has 0 atom stereocenters. The van der Waals surface area contributed by atoms with Gasteiger partial charge in [0.25, 0.3) is 0 Å². The molecule has 0 saturated carbocycles. The van der Waals surface area contributed by atoms with E-state index in [2.05, 4.69) is 0 Å². The molecular weight excluding hydrogens is 324 g/mol. The first-order valence-corrected chi connectivity index (χ1v) is 8.29. The molecule has 1 aromatic carbocycles. The molecule has 0 radical (unpaired) electrons. The normalized spacial score (nSPS) is 10.7. The molecule has 0 fully saturated rings. The van der Waals surface area contributed by atoms with Crippen LogP contribution < -0.4 is 10.5 Å². The average molecular weight is 341 g/mol. The Morgan fingerprint density at radius 1 is 1.32 bits per heavy atom. The van der Waals surface area contributed by atoms with Crippen LogP contribution in [0.2, 0.25) is 5.02 Å². The van der Waals surface area contributed by atoms with Crippen LogP contribution in [0.25, 0.3) is 0 Å². The van der Waals surface area contributed by atoms with E-state index in [1.807, 2.05) is 13.8 Å². The van der Waals surface area contributed by atoms with Gasteiger partial charge in [0, 0.05) is 17.3 Å². The van der Waals surface area contributed by atoms with Gasteiger partial charge in [-0.1, -0.05) is 23.3 Å². The maximum Gasteiger partial charge on any atom is 0.365 e. The lowest BCUT2D eigenvalue weighted by atomic mass is 10.3. The van der Waals surface area contributed by atoms with Crippen molar-refractivity contribution in [1.29, 1.82) is 0 Å². The lowest BCUT2D eigenvalue weighted by Crippen LogP contribution is -2.38. The maximum absolute atomic E-state index is 12.6. The molecule has 0 aliphatic rings. The van der Waals surface area contributed by atoms with Crippen molar-refractivity contribution in [2.24, 2.45) is 0 Å². The predicted molar refractivity (Wildman–Crippen MR) is 89.4 cm³/mol. The Bertz CT molecular complexity index is 721. The minimum Gasteiger partial charge on any atom is -0.371 e. The molecule has 0 bridgehead atoms. The minimum absolute atomic E-state index is 0.406. The molecule has 1 heterocycles. The average Bonchev–Trinajstić information content (AvgIpc) is 2.78. The zero-order chi connectivity index (χ0) is 16.3. The van der Waals surface area contributed by atoms with Gasteiger partial charge in [-0.2, -0.15) is 0 Å². The summed E-state index contributed by atoms with van der Waals surface area (Å²) in [5.41, 5.74) is 0.240. The molecule has 7 heteroatoms. The molecule has 0 aliphatic heterocycles. The molecule has 0 unspecified atom stereocenters. The summed E-state index contributed by atoms with van der Waals surface area (Å²) in [6.45, 7) is 5.86. The number of anilines is 1. The molecule has 1 aromatic heterocycles. The number of rotatable bonds is 4. The summed E-state index contributed by atoms with van der Waals surface area (Å²) in [4.78, 5) is 26.8. The number of halogens is 1. The first-order chi connectivity index (χ1) is 10.5. The number of benzene rings is 1. The molecule has 22 heavy (non-hydrogen) atoms. The molecule has 5 nitrogen and oxygen atoms in total. The maximum atomic E-state index is 12.6. The molecule has 2 rings (SSSR count). The largest absolute Gasteiger partial charge is 0.371 e. The molecule has 2 aromatic rings. The van der Waals surface area contributed by atoms with Gasteiger partial charge in [-0.15, -0.1) is 11.8 Å². The molecule has 0 spiro atoms. The molecular formula is C15H17ClN2O3S. The van der Waals surface area contributed by atoms with Crippen LogP contribution in [0.3, 0.4) is 0 Å². The van der Waals surface area contributed by atoms with Crippen molar-refractivity contribution >= 4 is 35.1 Å². The van der Waals surface area contributed by atoms with Crippen LogP contribution in [0, 0.1) is 6.92 Å². The van der Waals surface area contributed by atoms with Crippen LogP contribution in [0.15, 0.2) is 38.5 Å². The van der Waals surface area contributed by atoms with E-state index < -0.39 is 11.6 Å². The molecule has 0 N–H and O–H groups in total. The van der Waals surface area contributed by atoms with Crippen LogP contribution in [0.1, 0.15) is 19.6 Å². The SMILES string of the molecule is CCSc1c(C)on(C(=O)N(CC)c2ccc(Cl)cc2)c1=O. The van der Waals surface area contributed by atoms with E-state index in [9.17, 15) is 9.59 Å². The number of thioether (sulfide) groups is 1. The van der Waals surface area contributed by atoms with Gasteiger partial charge in [-0.25, -0.2) is 4.79 Å². The van der Waals surface area contributed by atoms with Gasteiger partial charge in [0.2, 0.25) is 0 Å². The van der Waals surface area contributed by atoms with E-state index in [4.69, 9.17) is 16.1 Å². The minimum atomic E-state index is -0.513. The van der Waals surface area contributed by atoms with E-state index in [0.29, 0.717) is 27.9 Å². The summed E-state index contributed by atoms with van der Waals surface area (Å²) in [7, 11) is 0. The lowest BCUT2D eigenvalue weighted by molar-refractivity contribution is 0.212. The summed E-state index contributed by atoms with van der Waals surface area (Å²) >= 11 is 7.23. The highest BCUT2D eigenvalue weighted by Crippen LogP contribution is 2.21. The standard InChI is InChI=1S/C15H17ClN2O3S/c1-4-17(12-8-6-11(16)7-9-12)15(20)18-14(19)13(22-5-2)10(3)21-18/h6-9H,4-5H2,1-3H3. The highest BCUT2D eigenvalue weighted by molar-refractivity contribution is 7.99. The fraction of sp³-hybridized carbons (Fsp3) is 0.333. The second-order valence-electron chi connectivity index (χ2n) is 4.51. The van der Waals surface area contributed by atoms with Crippen molar-refractivity contribution < 1.29 is 9.32 Å². The van der Waals surface area contributed by atoms with Crippen molar-refractivity contribution in [2.75, 3.05) is 17.2 Å². The van der Waals surface area contributed by atoms with E-state index in [1.165, 1.54) is 16.7 Å². The van der Waals surface area contributed by atoms with Crippen molar-refractivity contribution in [1.82, 2.24) is 4.74 Å². The van der Waals surface area contributed by atoms with Gasteiger partial charge >= 0.3 is 11.6 Å². The van der Waals surface area contributed by atoms with Crippen molar-refractivity contribution in [2.45, 2.75) is 25.7 Å². The Hall–Kier alpha value is -1.66. The highest BCUT2D eigenvalue weighted by Gasteiger charge is 2.23. The molecule has 0 aliphatic carbocycles. The fourth-order valence-electron chi connectivity index (χ4n) is 2.06. The number of aromatic nitrogens is 1. The quantitative estimate of drug-likeness (QED) is 0.789. The van der Waals surface area contributed by atoms with E-state index in [1.54, 1.807) is 31.2 Å². The summed E-state index contributed by atoms with van der Waals surface area (Å²) in [5, 5.41) is 0.583. The third kappa shape index (κ3) is 3.23. The summed E-state index contributed by atoms with van der Waals surface area (Å²) < 4.78 is 6.16. The Morgan fingerprint density at radius 2 is 1.95 bits per heavy atom. The monoisotopic (exact) mass is 340 g/mol. The Balaban J connectivity index is 2.39. The molecule has 0 saturated heterocycles. The zero-order valence-electron chi connectivity index (χ0n) is 12.6. The van der Waals surface area contributed by atoms with Crippen molar-refractivity contribution in [3.63, 3.8) is 0 Å². The topological polar surface area (TPSA) is 55.5 Å². The number of carbonyl (C=O) groups is 1. The van der Waals surface area contributed by atoms with E-state index in [0.717, 1.165) is 10.5 Å². The van der Waals surface area contributed by atoms with Crippen LogP contribution in [0.5, 0.6) is 0 Å². The second-order valence-corrected chi connectivity index (χ2v) is 6.22. The summed E-state index contributed by atoms with van der Waals surface area (Å²) in [6.07, 6.45) is 0. The number of hydrogen-bond donors (Lipinski definition) is 0. The Morgan fingerprint density at radius 3 is 2.50 bits per heavy atom. The van der Waals surface area contributed by atoms with Crippen LogP contribution in [0.4, 0.5) is 10.5 Å². The number of aryl methyl sites for hydroxylation is 1. The number of nitrogens with zero attached hydrogens (tertiary/aromatic N) is 2. The Kier molecular flexibility index (Phi) is 5.37. The highest BCUT2D eigenvalue weighted by atomic mass is 35.5. The van der Waals surface area contributed by atoms with E-state index in [-0.39, 0.29) is 0 Å². The van der Waals surface area contributed by atoms with Crippen molar-refractivity contribution in [3.8, 4) is 0 Å². The third-order valence-electron chi connectivity index (χ3n) is 3.07. The first kappa shape index (κ1) is 16.7. The van der Waals surface area contributed by atoms with E-state index >= 15 is 0 Å². The van der Waals surface area contributed by atoms with Crippen LogP contribution in [-0.2, 0) is 0 Å². The van der Waals surface area contributed by atoms with Gasteiger partial charge in [-0.3, -0.25) is 9.69 Å². The van der Waals surface area contributed by atoms with Crippen LogP contribution >= 0.6 is 23.4 Å². The Labute approximate surface area is 137 Å². The lowest BCUT2D eigenvalue weighted by Gasteiger charge is -2.19. The second kappa shape index (κ2) is 7.07. The summed E-state index contributed by atoms with van der Waals surface area (Å²) in [6, 6.07) is 6.34. The first-order valence-electron chi connectivity index (χ1n) is 6.92. The zero-order valence-corrected chi connectivity index (χ0v) is 14.2. The third-order valence-corrected chi connectivity index (χ3v) is 4.37. The number of amides is 1. The molecule has 1 amide bonds.